The molecule has 1 aromatic rings. The average molecular weight is 177 g/mol. The molecule has 0 fully saturated rings. The fourth-order valence-corrected chi connectivity index (χ4v) is 1.00. The van der Waals surface area contributed by atoms with Crippen LogP contribution in [0.1, 0.15) is 19.4 Å². The van der Waals surface area contributed by atoms with Gasteiger partial charge in [-0.15, -0.1) is 0 Å². The summed E-state index contributed by atoms with van der Waals surface area (Å²) in [6.07, 6.45) is 1.85. The van der Waals surface area contributed by atoms with Gasteiger partial charge in [-0.25, -0.2) is 0 Å². The number of nitrogens with zero attached hydrogens (tertiary/aromatic N) is 1. The van der Waals surface area contributed by atoms with Gasteiger partial charge in [0.25, 0.3) is 0 Å². The summed E-state index contributed by atoms with van der Waals surface area (Å²) >= 11 is 0. The summed E-state index contributed by atoms with van der Waals surface area (Å²) in [6, 6.07) is 8.17. The maximum atomic E-state index is 5.19. The number of rotatable bonds is 3. The molecule has 0 saturated heterocycles. The van der Waals surface area contributed by atoms with Crippen molar-refractivity contribution in [2.75, 3.05) is 7.11 Å². The maximum absolute atomic E-state index is 5.19. The minimum atomic E-state index is 0.324. The lowest BCUT2D eigenvalue weighted by molar-refractivity contribution is 0.414. The first kappa shape index (κ1) is 9.78. The van der Waals surface area contributed by atoms with E-state index in [4.69, 9.17) is 4.74 Å². The Morgan fingerprint density at radius 3 is 2.62 bits per heavy atom. The second kappa shape index (κ2) is 4.65. The Morgan fingerprint density at radius 1 is 1.31 bits per heavy atom. The predicted octanol–water partition coefficient (Wildman–Crippen LogP) is 2.52. The van der Waals surface area contributed by atoms with E-state index < -0.39 is 0 Å². The van der Waals surface area contributed by atoms with E-state index in [0.29, 0.717) is 6.04 Å². The standard InChI is InChI=1S/C11H15NO/c1-9(2)12-8-10-6-4-5-7-11(10)13-3/h4-9H,1-3H3. The number of para-hydroxylation sites is 1. The zero-order valence-electron chi connectivity index (χ0n) is 8.32. The zero-order valence-corrected chi connectivity index (χ0v) is 8.32. The van der Waals surface area contributed by atoms with E-state index in [1.54, 1.807) is 7.11 Å². The molecule has 0 aliphatic heterocycles. The van der Waals surface area contributed by atoms with Crippen LogP contribution in [0, 0.1) is 0 Å². The van der Waals surface area contributed by atoms with Crippen molar-refractivity contribution in [3.05, 3.63) is 29.8 Å². The number of benzene rings is 1. The normalized spacial score (nSPS) is 11.1. The van der Waals surface area contributed by atoms with Crippen LogP contribution in [0.15, 0.2) is 29.3 Å². The highest BCUT2D eigenvalue weighted by molar-refractivity contribution is 5.83. The topological polar surface area (TPSA) is 21.6 Å². The highest BCUT2D eigenvalue weighted by atomic mass is 16.5. The van der Waals surface area contributed by atoms with E-state index in [9.17, 15) is 0 Å². The third-order valence-electron chi connectivity index (χ3n) is 1.65. The molecule has 2 heteroatoms. The van der Waals surface area contributed by atoms with Gasteiger partial charge in [0, 0.05) is 17.8 Å². The van der Waals surface area contributed by atoms with Crippen molar-refractivity contribution < 1.29 is 4.74 Å². The molecule has 0 bridgehead atoms. The largest absolute Gasteiger partial charge is 0.496 e. The van der Waals surface area contributed by atoms with Gasteiger partial charge in [-0.1, -0.05) is 12.1 Å². The first-order valence-corrected chi connectivity index (χ1v) is 4.40. The molecule has 70 valence electrons. The maximum Gasteiger partial charge on any atom is 0.127 e. The van der Waals surface area contributed by atoms with Crippen molar-refractivity contribution >= 4 is 6.21 Å². The van der Waals surface area contributed by atoms with Gasteiger partial charge in [0.2, 0.25) is 0 Å². The van der Waals surface area contributed by atoms with Crippen LogP contribution in [-0.2, 0) is 0 Å². The number of aliphatic imine (C=N–C) groups is 1. The van der Waals surface area contributed by atoms with E-state index >= 15 is 0 Å². The van der Waals surface area contributed by atoms with Gasteiger partial charge in [0.15, 0.2) is 0 Å². The fraction of sp³-hybridized carbons (Fsp3) is 0.364. The smallest absolute Gasteiger partial charge is 0.127 e. The molecule has 0 heterocycles. The van der Waals surface area contributed by atoms with Crippen LogP contribution in [0.25, 0.3) is 0 Å². The Bertz CT molecular complexity index is 292. The molecule has 0 saturated carbocycles. The molecule has 0 amide bonds. The third kappa shape index (κ3) is 2.90. The molecule has 0 aliphatic rings. The molecule has 0 unspecified atom stereocenters. The van der Waals surface area contributed by atoms with Gasteiger partial charge in [-0.3, -0.25) is 4.99 Å². The summed E-state index contributed by atoms with van der Waals surface area (Å²) in [4.78, 5) is 4.30. The monoisotopic (exact) mass is 177 g/mol. The Kier molecular flexibility index (Phi) is 3.50. The minimum Gasteiger partial charge on any atom is -0.496 e. The van der Waals surface area contributed by atoms with Gasteiger partial charge >= 0.3 is 0 Å². The van der Waals surface area contributed by atoms with Crippen LogP contribution >= 0.6 is 0 Å². The molecule has 1 rings (SSSR count). The predicted molar refractivity (Wildman–Crippen MR) is 55.7 cm³/mol. The highest BCUT2D eigenvalue weighted by Crippen LogP contribution is 2.14. The second-order valence-electron chi connectivity index (χ2n) is 3.11. The molecule has 0 aliphatic carbocycles. The first-order chi connectivity index (χ1) is 6.24. The third-order valence-corrected chi connectivity index (χ3v) is 1.65. The van der Waals surface area contributed by atoms with Crippen LogP contribution < -0.4 is 4.74 Å². The Labute approximate surface area is 79.3 Å². The molecule has 13 heavy (non-hydrogen) atoms. The minimum absolute atomic E-state index is 0.324. The van der Waals surface area contributed by atoms with Crippen molar-refractivity contribution in [1.29, 1.82) is 0 Å². The van der Waals surface area contributed by atoms with E-state index in [2.05, 4.69) is 4.99 Å². The lowest BCUT2D eigenvalue weighted by Gasteiger charge is -2.03. The van der Waals surface area contributed by atoms with Crippen molar-refractivity contribution in [2.45, 2.75) is 19.9 Å². The molecule has 0 atom stereocenters. The number of hydrogen-bond donors (Lipinski definition) is 0. The van der Waals surface area contributed by atoms with E-state index in [-0.39, 0.29) is 0 Å². The molecular weight excluding hydrogens is 162 g/mol. The quantitative estimate of drug-likeness (QED) is 0.650. The van der Waals surface area contributed by atoms with E-state index in [1.165, 1.54) is 0 Å². The molecule has 2 nitrogen and oxygen atoms in total. The highest BCUT2D eigenvalue weighted by Gasteiger charge is 1.96. The van der Waals surface area contributed by atoms with E-state index in [0.717, 1.165) is 11.3 Å². The van der Waals surface area contributed by atoms with Gasteiger partial charge in [0.1, 0.15) is 5.75 Å². The second-order valence-corrected chi connectivity index (χ2v) is 3.11. The Morgan fingerprint density at radius 2 is 2.00 bits per heavy atom. The lowest BCUT2D eigenvalue weighted by Crippen LogP contribution is -1.93. The van der Waals surface area contributed by atoms with Crippen LogP contribution in [0.4, 0.5) is 0 Å². The summed E-state index contributed by atoms with van der Waals surface area (Å²) in [5, 5.41) is 0. The Balaban J connectivity index is 2.87. The summed E-state index contributed by atoms with van der Waals surface area (Å²) in [5.74, 6) is 0.868. The van der Waals surface area contributed by atoms with Gasteiger partial charge < -0.3 is 4.74 Å². The molecule has 0 aromatic heterocycles. The SMILES string of the molecule is COc1ccccc1C=NC(C)C. The van der Waals surface area contributed by atoms with Crippen LogP contribution in [-0.4, -0.2) is 19.4 Å². The molecule has 1 aromatic carbocycles. The van der Waals surface area contributed by atoms with Crippen LogP contribution in [0.3, 0.4) is 0 Å². The summed E-state index contributed by atoms with van der Waals surface area (Å²) in [5.41, 5.74) is 1.03. The van der Waals surface area contributed by atoms with Crippen molar-refractivity contribution in [1.82, 2.24) is 0 Å². The summed E-state index contributed by atoms with van der Waals surface area (Å²) < 4.78 is 5.19. The number of ether oxygens (including phenoxy) is 1. The summed E-state index contributed by atoms with van der Waals surface area (Å²) in [7, 11) is 1.67. The van der Waals surface area contributed by atoms with Crippen molar-refractivity contribution in [2.24, 2.45) is 4.99 Å². The van der Waals surface area contributed by atoms with Crippen LogP contribution in [0.5, 0.6) is 5.75 Å². The molecule has 0 N–H and O–H groups in total. The summed E-state index contributed by atoms with van der Waals surface area (Å²) in [6.45, 7) is 4.10. The zero-order chi connectivity index (χ0) is 9.68. The molecule has 0 spiro atoms. The molecular formula is C11H15NO. The van der Waals surface area contributed by atoms with Gasteiger partial charge in [0.05, 0.1) is 7.11 Å². The number of hydrogen-bond acceptors (Lipinski definition) is 2. The van der Waals surface area contributed by atoms with Crippen molar-refractivity contribution in [3.63, 3.8) is 0 Å². The van der Waals surface area contributed by atoms with E-state index in [1.807, 2.05) is 44.3 Å². The van der Waals surface area contributed by atoms with Crippen molar-refractivity contribution in [3.8, 4) is 5.75 Å². The first-order valence-electron chi connectivity index (χ1n) is 4.40. The Hall–Kier alpha value is -1.31. The van der Waals surface area contributed by atoms with Crippen LogP contribution in [0.2, 0.25) is 0 Å². The van der Waals surface area contributed by atoms with Gasteiger partial charge in [-0.05, 0) is 26.0 Å². The number of methoxy groups -OCH3 is 1. The fourth-order valence-electron chi connectivity index (χ4n) is 1.00. The van der Waals surface area contributed by atoms with Gasteiger partial charge in [-0.2, -0.15) is 0 Å². The average Bonchev–Trinajstić information content (AvgIpc) is 2.15. The molecule has 0 radical (unpaired) electrons. The lowest BCUT2D eigenvalue weighted by atomic mass is 10.2.